The smallest absolute Gasteiger partial charge is 0.314 e. The molecule has 0 aromatic rings. The van der Waals surface area contributed by atoms with Crippen LogP contribution < -0.4 is 11.1 Å². The number of aliphatic imine (C=N–C) groups is 1. The number of nitrogens with two attached hydrogens (primary N) is 1. The van der Waals surface area contributed by atoms with Gasteiger partial charge in [0.1, 0.15) is 0 Å². The molecule has 4 nitrogen and oxygen atoms in total. The van der Waals surface area contributed by atoms with E-state index in [1.807, 2.05) is 0 Å². The largest absolute Gasteiger partial charge is 0.352 e. The van der Waals surface area contributed by atoms with Gasteiger partial charge in [-0.3, -0.25) is 4.99 Å². The quantitative estimate of drug-likeness (QED) is 0.818. The predicted molar refractivity (Wildman–Crippen MR) is 95.7 cm³/mol. The number of rotatable bonds is 3. The fourth-order valence-corrected chi connectivity index (χ4v) is 10.8. The Bertz CT molecular complexity index is 439. The Hall–Kier alpha value is -0.710. The number of carbonyl (C=O) groups excluding carboxylic acids is 1. The molecule has 1 aliphatic heterocycles. The van der Waals surface area contributed by atoms with Crippen molar-refractivity contribution in [1.82, 2.24) is 5.32 Å². The number of primary amides is 1. The molecule has 0 bridgehead atoms. The molecule has 0 radical (unpaired) electrons. The second kappa shape index (κ2) is 6.42. The normalized spacial score (nSPS) is 45.5. The number of nitrogens with one attached hydrogen (secondary N) is 1. The monoisotopic (exact) mass is 325 g/mol. The summed E-state index contributed by atoms with van der Waals surface area (Å²) in [5.41, 5.74) is 5.45. The van der Waals surface area contributed by atoms with Crippen LogP contribution in [0, 0.1) is 11.8 Å². The lowest BCUT2D eigenvalue weighted by Crippen LogP contribution is -2.47. The van der Waals surface area contributed by atoms with Crippen molar-refractivity contribution in [2.75, 3.05) is 5.75 Å². The lowest BCUT2D eigenvalue weighted by molar-refractivity contribution is 0.248. The van der Waals surface area contributed by atoms with E-state index in [9.17, 15) is 4.79 Å². The molecule has 4 unspecified atom stereocenters. The molecular formula is C17H31N3OS. The van der Waals surface area contributed by atoms with Crippen molar-refractivity contribution in [2.45, 2.75) is 74.8 Å². The average Bonchev–Trinajstić information content (AvgIpc) is 3.06. The Labute approximate surface area is 136 Å². The van der Waals surface area contributed by atoms with E-state index in [0.29, 0.717) is 0 Å². The first kappa shape index (κ1) is 16.2. The number of amides is 2. The minimum absolute atomic E-state index is 0.0180. The second-order valence-corrected chi connectivity index (χ2v) is 11.6. The third-order valence-corrected chi connectivity index (χ3v) is 11.1. The molecule has 2 fully saturated rings. The third-order valence-electron chi connectivity index (χ3n) is 5.96. The Morgan fingerprint density at radius 1 is 1.14 bits per heavy atom. The Morgan fingerprint density at radius 3 is 2.36 bits per heavy atom. The lowest BCUT2D eigenvalue weighted by Gasteiger charge is -2.54. The molecule has 2 aliphatic carbocycles. The van der Waals surface area contributed by atoms with Crippen LogP contribution in [-0.2, 0) is 0 Å². The maximum Gasteiger partial charge on any atom is 0.314 e. The highest BCUT2D eigenvalue weighted by atomic mass is 32.3. The number of nitrogens with zero attached hydrogens (tertiary/aromatic N) is 1. The maximum atomic E-state index is 11.5. The summed E-state index contributed by atoms with van der Waals surface area (Å²) in [4.78, 5) is 16.2. The number of hydrogen-bond acceptors (Lipinski definition) is 2. The van der Waals surface area contributed by atoms with Gasteiger partial charge >= 0.3 is 6.03 Å². The van der Waals surface area contributed by atoms with E-state index in [0.717, 1.165) is 28.1 Å². The molecule has 0 aromatic carbocycles. The number of urea groups is 1. The van der Waals surface area contributed by atoms with Crippen LogP contribution in [0.4, 0.5) is 4.79 Å². The standard InChI is InChI=1S/C17H31N3OS/c1-12-9-13(2)11-15(10-12)22(14-5-3-4-6-14)8-7-19-17(22)20-16(18)21/h7,12-15,17H,3-6,8-11H2,1-2H3,(H3,18,20,21). The highest BCUT2D eigenvalue weighted by Crippen LogP contribution is 2.68. The predicted octanol–water partition coefficient (Wildman–Crippen LogP) is 3.59. The highest BCUT2D eigenvalue weighted by molar-refractivity contribution is 8.35. The number of hydrogen-bond donors (Lipinski definition) is 2. The van der Waals surface area contributed by atoms with Gasteiger partial charge in [0.25, 0.3) is 0 Å². The van der Waals surface area contributed by atoms with Crippen molar-refractivity contribution in [1.29, 1.82) is 0 Å². The summed E-state index contributed by atoms with van der Waals surface area (Å²) in [5.74, 6) is 2.70. The summed E-state index contributed by atoms with van der Waals surface area (Å²) in [6.07, 6.45) is 11.4. The molecule has 1 heterocycles. The molecule has 0 saturated heterocycles. The van der Waals surface area contributed by atoms with Crippen LogP contribution in [0.1, 0.15) is 58.8 Å². The molecule has 4 atom stereocenters. The lowest BCUT2D eigenvalue weighted by atomic mass is 9.83. The Morgan fingerprint density at radius 2 is 1.77 bits per heavy atom. The summed E-state index contributed by atoms with van der Waals surface area (Å²) in [7, 11) is -0.977. The molecule has 0 spiro atoms. The summed E-state index contributed by atoms with van der Waals surface area (Å²) in [5, 5.41) is 4.53. The Kier molecular flexibility index (Phi) is 4.72. The fraction of sp³-hybridized carbons (Fsp3) is 0.882. The molecule has 0 aromatic heterocycles. The van der Waals surface area contributed by atoms with Gasteiger partial charge in [0.15, 0.2) is 5.50 Å². The molecule has 3 aliphatic rings. The highest BCUT2D eigenvalue weighted by Gasteiger charge is 2.50. The van der Waals surface area contributed by atoms with E-state index in [4.69, 9.17) is 10.7 Å². The minimum atomic E-state index is -0.977. The third kappa shape index (κ3) is 2.89. The van der Waals surface area contributed by atoms with Crippen LogP contribution in [0.3, 0.4) is 0 Å². The van der Waals surface area contributed by atoms with Crippen LogP contribution in [-0.4, -0.2) is 34.0 Å². The second-order valence-electron chi connectivity index (χ2n) is 7.71. The van der Waals surface area contributed by atoms with Crippen molar-refractivity contribution in [3.63, 3.8) is 0 Å². The van der Waals surface area contributed by atoms with E-state index in [1.54, 1.807) is 0 Å². The summed E-state index contributed by atoms with van der Waals surface area (Å²) >= 11 is 0. The topological polar surface area (TPSA) is 67.5 Å². The zero-order valence-electron chi connectivity index (χ0n) is 14.0. The summed E-state index contributed by atoms with van der Waals surface area (Å²) < 4.78 is 0. The van der Waals surface area contributed by atoms with Crippen molar-refractivity contribution in [3.8, 4) is 0 Å². The molecule has 5 heteroatoms. The Balaban J connectivity index is 1.90. The molecule has 126 valence electrons. The van der Waals surface area contributed by atoms with Gasteiger partial charge in [-0.2, -0.15) is 10.0 Å². The first-order valence-corrected chi connectivity index (χ1v) is 10.9. The average molecular weight is 326 g/mol. The van der Waals surface area contributed by atoms with Crippen LogP contribution in [0.5, 0.6) is 0 Å². The van der Waals surface area contributed by atoms with Gasteiger partial charge in [-0.05, 0) is 54.4 Å². The minimum Gasteiger partial charge on any atom is -0.352 e. The van der Waals surface area contributed by atoms with Crippen molar-refractivity contribution >= 4 is 22.3 Å². The first-order chi connectivity index (χ1) is 10.5. The van der Waals surface area contributed by atoms with Gasteiger partial charge in [-0.15, -0.1) is 0 Å². The van der Waals surface area contributed by atoms with Gasteiger partial charge in [-0.25, -0.2) is 4.79 Å². The van der Waals surface area contributed by atoms with E-state index < -0.39 is 16.1 Å². The maximum absolute atomic E-state index is 11.5. The van der Waals surface area contributed by atoms with E-state index >= 15 is 0 Å². The van der Waals surface area contributed by atoms with Crippen LogP contribution in [0.15, 0.2) is 4.99 Å². The van der Waals surface area contributed by atoms with Gasteiger partial charge in [-0.1, -0.05) is 26.7 Å². The van der Waals surface area contributed by atoms with E-state index in [2.05, 4.69) is 25.4 Å². The SMILES string of the molecule is CC1CC(C)CC(S2(C3CCCC3)CC=NC2NC(N)=O)C1. The zero-order chi connectivity index (χ0) is 15.7. The van der Waals surface area contributed by atoms with Crippen LogP contribution in [0.2, 0.25) is 0 Å². The molecule has 3 N–H and O–H groups in total. The molecule has 22 heavy (non-hydrogen) atoms. The van der Waals surface area contributed by atoms with Gasteiger partial charge in [0, 0.05) is 12.0 Å². The molecule has 3 rings (SSSR count). The van der Waals surface area contributed by atoms with Crippen molar-refractivity contribution in [2.24, 2.45) is 22.6 Å². The summed E-state index contributed by atoms with van der Waals surface area (Å²) in [6, 6.07) is -0.407. The van der Waals surface area contributed by atoms with E-state index in [-0.39, 0.29) is 5.50 Å². The van der Waals surface area contributed by atoms with Gasteiger partial charge in [0.2, 0.25) is 0 Å². The van der Waals surface area contributed by atoms with Crippen molar-refractivity contribution in [3.05, 3.63) is 0 Å². The zero-order valence-corrected chi connectivity index (χ0v) is 14.8. The molecule has 2 saturated carbocycles. The first-order valence-electron chi connectivity index (χ1n) is 8.87. The molecular weight excluding hydrogens is 294 g/mol. The number of carbonyl (C=O) groups is 1. The van der Waals surface area contributed by atoms with E-state index in [1.165, 1.54) is 44.9 Å². The van der Waals surface area contributed by atoms with Gasteiger partial charge in [0.05, 0.1) is 0 Å². The van der Waals surface area contributed by atoms with Gasteiger partial charge < -0.3 is 11.1 Å². The molecule has 2 amide bonds. The van der Waals surface area contributed by atoms with Crippen molar-refractivity contribution < 1.29 is 4.79 Å². The van der Waals surface area contributed by atoms with Crippen LogP contribution >= 0.6 is 10.0 Å². The fourth-order valence-electron chi connectivity index (χ4n) is 5.21. The van der Waals surface area contributed by atoms with Crippen LogP contribution in [0.25, 0.3) is 0 Å². The summed E-state index contributed by atoms with van der Waals surface area (Å²) in [6.45, 7) is 4.80.